The number of thioether (sulfide) groups is 1. The Morgan fingerprint density at radius 1 is 1.47 bits per heavy atom. The molecule has 0 heterocycles. The summed E-state index contributed by atoms with van der Waals surface area (Å²) < 4.78 is 0. The van der Waals surface area contributed by atoms with Crippen molar-refractivity contribution in [1.82, 2.24) is 10.2 Å². The molecule has 5 nitrogen and oxygen atoms in total. The average molecular weight is 262 g/mol. The van der Waals surface area contributed by atoms with Gasteiger partial charge in [-0.2, -0.15) is 11.8 Å². The zero-order chi connectivity index (χ0) is 13.3. The number of rotatable bonds is 8. The first-order chi connectivity index (χ1) is 8.01. The van der Waals surface area contributed by atoms with Gasteiger partial charge >= 0.3 is 12.0 Å². The molecular formula is C11H22N2O3S. The van der Waals surface area contributed by atoms with Gasteiger partial charge < -0.3 is 15.3 Å². The van der Waals surface area contributed by atoms with Gasteiger partial charge in [-0.1, -0.05) is 6.92 Å². The molecule has 0 saturated heterocycles. The van der Waals surface area contributed by atoms with E-state index in [9.17, 15) is 9.59 Å². The molecule has 0 aromatic rings. The van der Waals surface area contributed by atoms with E-state index in [2.05, 4.69) is 5.32 Å². The van der Waals surface area contributed by atoms with E-state index in [0.717, 1.165) is 12.2 Å². The van der Waals surface area contributed by atoms with Gasteiger partial charge in [0.15, 0.2) is 0 Å². The maximum atomic E-state index is 11.7. The minimum absolute atomic E-state index is 0.0969. The number of carboxylic acid groups (broad SMARTS) is 1. The fraction of sp³-hybridized carbons (Fsp3) is 0.818. The number of carboxylic acids is 1. The van der Waals surface area contributed by atoms with E-state index >= 15 is 0 Å². The van der Waals surface area contributed by atoms with Crippen LogP contribution in [0.15, 0.2) is 0 Å². The van der Waals surface area contributed by atoms with E-state index in [0.29, 0.717) is 13.0 Å². The number of amides is 2. The molecular weight excluding hydrogens is 240 g/mol. The molecule has 0 bridgehead atoms. The number of urea groups is 1. The van der Waals surface area contributed by atoms with E-state index in [-0.39, 0.29) is 18.5 Å². The highest BCUT2D eigenvalue weighted by atomic mass is 32.2. The molecule has 6 heteroatoms. The smallest absolute Gasteiger partial charge is 0.317 e. The fourth-order valence-electron chi connectivity index (χ4n) is 1.32. The van der Waals surface area contributed by atoms with Crippen LogP contribution in [-0.2, 0) is 4.79 Å². The largest absolute Gasteiger partial charge is 0.481 e. The first-order valence-corrected chi connectivity index (χ1v) is 7.13. The summed E-state index contributed by atoms with van der Waals surface area (Å²) in [5.41, 5.74) is 0. The third-order valence-corrected chi connectivity index (χ3v) is 3.15. The number of nitrogens with zero attached hydrogens (tertiary/aromatic N) is 1. The first kappa shape index (κ1) is 16.1. The molecule has 2 amide bonds. The molecule has 0 rings (SSSR count). The lowest BCUT2D eigenvalue weighted by molar-refractivity contribution is -0.137. The molecule has 0 aromatic heterocycles. The van der Waals surface area contributed by atoms with E-state index in [1.807, 2.05) is 13.2 Å². The Balaban J connectivity index is 3.90. The van der Waals surface area contributed by atoms with Crippen LogP contribution in [0.1, 0.15) is 26.2 Å². The molecule has 0 saturated carbocycles. The summed E-state index contributed by atoms with van der Waals surface area (Å²) in [6, 6.07) is 0.0516. The maximum Gasteiger partial charge on any atom is 0.317 e. The lowest BCUT2D eigenvalue weighted by atomic mass is 10.2. The van der Waals surface area contributed by atoms with Crippen molar-refractivity contribution < 1.29 is 14.7 Å². The number of carbonyl (C=O) groups is 2. The summed E-state index contributed by atoms with van der Waals surface area (Å²) >= 11 is 1.70. The minimum atomic E-state index is -0.826. The van der Waals surface area contributed by atoms with Crippen LogP contribution in [0.3, 0.4) is 0 Å². The zero-order valence-electron chi connectivity index (χ0n) is 10.7. The molecule has 0 aliphatic rings. The van der Waals surface area contributed by atoms with Crippen molar-refractivity contribution in [3.8, 4) is 0 Å². The van der Waals surface area contributed by atoms with E-state index in [1.165, 1.54) is 4.90 Å². The molecule has 100 valence electrons. The van der Waals surface area contributed by atoms with Crippen molar-refractivity contribution in [2.75, 3.05) is 25.6 Å². The highest BCUT2D eigenvalue weighted by Gasteiger charge is 2.13. The summed E-state index contributed by atoms with van der Waals surface area (Å²) in [5.74, 6) is 0.0678. The predicted octanol–water partition coefficient (Wildman–Crippen LogP) is 1.63. The van der Waals surface area contributed by atoms with Gasteiger partial charge in [0, 0.05) is 31.8 Å². The van der Waals surface area contributed by atoms with Crippen molar-refractivity contribution in [3.05, 3.63) is 0 Å². The van der Waals surface area contributed by atoms with Crippen LogP contribution < -0.4 is 5.32 Å². The molecule has 17 heavy (non-hydrogen) atoms. The molecule has 0 radical (unpaired) electrons. The van der Waals surface area contributed by atoms with Crippen molar-refractivity contribution >= 4 is 23.8 Å². The third kappa shape index (κ3) is 7.90. The minimum Gasteiger partial charge on any atom is -0.481 e. The molecule has 0 aromatic carbocycles. The predicted molar refractivity (Wildman–Crippen MR) is 70.5 cm³/mol. The lowest BCUT2D eigenvalue weighted by Gasteiger charge is -2.22. The van der Waals surface area contributed by atoms with Crippen LogP contribution in [0.5, 0.6) is 0 Å². The van der Waals surface area contributed by atoms with Gasteiger partial charge in [0.1, 0.15) is 0 Å². The van der Waals surface area contributed by atoms with E-state index < -0.39 is 5.97 Å². The number of carbonyl (C=O) groups excluding carboxylic acids is 1. The van der Waals surface area contributed by atoms with Crippen LogP contribution in [0.2, 0.25) is 0 Å². The van der Waals surface area contributed by atoms with Gasteiger partial charge in [-0.25, -0.2) is 4.79 Å². The van der Waals surface area contributed by atoms with Gasteiger partial charge in [-0.15, -0.1) is 0 Å². The highest BCUT2D eigenvalue weighted by Crippen LogP contribution is 2.02. The Bertz CT molecular complexity index is 249. The second-order valence-electron chi connectivity index (χ2n) is 3.93. The van der Waals surface area contributed by atoms with Crippen LogP contribution in [0, 0.1) is 0 Å². The Morgan fingerprint density at radius 3 is 2.59 bits per heavy atom. The van der Waals surface area contributed by atoms with Gasteiger partial charge in [0.05, 0.1) is 0 Å². The second kappa shape index (κ2) is 9.15. The molecule has 0 aliphatic carbocycles. The standard InChI is InChI=1S/C11H22N2O3S/c1-4-9(8-17-3)12-11(16)13(2)7-5-6-10(14)15/h9H,4-8H2,1-3H3,(H,12,16)(H,14,15). The van der Waals surface area contributed by atoms with Gasteiger partial charge in [0.2, 0.25) is 0 Å². The Morgan fingerprint density at radius 2 is 2.12 bits per heavy atom. The summed E-state index contributed by atoms with van der Waals surface area (Å²) in [6.07, 6.45) is 3.49. The van der Waals surface area contributed by atoms with Crippen molar-refractivity contribution in [1.29, 1.82) is 0 Å². The summed E-state index contributed by atoms with van der Waals surface area (Å²) in [4.78, 5) is 23.6. The van der Waals surface area contributed by atoms with Crippen molar-refractivity contribution in [3.63, 3.8) is 0 Å². The van der Waals surface area contributed by atoms with E-state index in [1.54, 1.807) is 18.8 Å². The summed E-state index contributed by atoms with van der Waals surface area (Å²) in [5, 5.41) is 11.4. The molecule has 1 unspecified atom stereocenters. The van der Waals surface area contributed by atoms with Gasteiger partial charge in [-0.3, -0.25) is 4.79 Å². The van der Waals surface area contributed by atoms with E-state index in [4.69, 9.17) is 5.11 Å². The average Bonchev–Trinajstić information content (AvgIpc) is 2.27. The van der Waals surface area contributed by atoms with Gasteiger partial charge in [-0.05, 0) is 19.1 Å². The Kier molecular flexibility index (Phi) is 8.66. The molecule has 2 N–H and O–H groups in total. The first-order valence-electron chi connectivity index (χ1n) is 5.73. The summed E-state index contributed by atoms with van der Waals surface area (Å²) in [7, 11) is 1.68. The quantitative estimate of drug-likeness (QED) is 0.697. The Hall–Kier alpha value is -0.910. The molecule has 0 fully saturated rings. The highest BCUT2D eigenvalue weighted by molar-refractivity contribution is 7.98. The van der Waals surface area contributed by atoms with Gasteiger partial charge in [0.25, 0.3) is 0 Å². The topological polar surface area (TPSA) is 69.6 Å². The normalized spacial score (nSPS) is 11.9. The second-order valence-corrected chi connectivity index (χ2v) is 4.84. The molecule has 0 spiro atoms. The maximum absolute atomic E-state index is 11.7. The zero-order valence-corrected chi connectivity index (χ0v) is 11.5. The lowest BCUT2D eigenvalue weighted by Crippen LogP contribution is -2.44. The molecule has 1 atom stereocenters. The number of nitrogens with one attached hydrogen (secondary N) is 1. The van der Waals surface area contributed by atoms with Crippen LogP contribution in [0.25, 0.3) is 0 Å². The van der Waals surface area contributed by atoms with Crippen LogP contribution in [-0.4, -0.2) is 53.6 Å². The number of hydrogen-bond donors (Lipinski definition) is 2. The van der Waals surface area contributed by atoms with Crippen LogP contribution in [0.4, 0.5) is 4.79 Å². The third-order valence-electron chi connectivity index (χ3n) is 2.42. The summed E-state index contributed by atoms with van der Waals surface area (Å²) in [6.45, 7) is 2.50. The van der Waals surface area contributed by atoms with Crippen molar-refractivity contribution in [2.24, 2.45) is 0 Å². The SMILES string of the molecule is CCC(CSC)NC(=O)N(C)CCCC(=O)O. The molecule has 0 aliphatic heterocycles. The monoisotopic (exact) mass is 262 g/mol. The Labute approximate surface area is 107 Å². The van der Waals surface area contributed by atoms with Crippen molar-refractivity contribution in [2.45, 2.75) is 32.2 Å². The fourth-order valence-corrected chi connectivity index (χ4v) is 2.04. The van der Waals surface area contributed by atoms with Crippen LogP contribution >= 0.6 is 11.8 Å². The number of hydrogen-bond acceptors (Lipinski definition) is 3. The number of aliphatic carboxylic acids is 1.